The zero-order chi connectivity index (χ0) is 14.5. The van der Waals surface area contributed by atoms with Gasteiger partial charge in [-0.25, -0.2) is 4.39 Å². The molecule has 0 bridgehead atoms. The summed E-state index contributed by atoms with van der Waals surface area (Å²) in [6, 6.07) is 5.75. The van der Waals surface area contributed by atoms with Crippen molar-refractivity contribution >= 4 is 17.7 Å². The quantitative estimate of drug-likeness (QED) is 0.778. The van der Waals surface area contributed by atoms with Crippen LogP contribution in [0.3, 0.4) is 0 Å². The molecule has 0 aliphatic rings. The molecule has 1 aromatic carbocycles. The Morgan fingerprint density at radius 1 is 1.26 bits per heavy atom. The van der Waals surface area contributed by atoms with E-state index >= 15 is 0 Å². The van der Waals surface area contributed by atoms with Crippen LogP contribution >= 0.6 is 11.8 Å². The Hall–Kier alpha value is -1.24. The summed E-state index contributed by atoms with van der Waals surface area (Å²) in [5.74, 6) is -0.519. The van der Waals surface area contributed by atoms with Crippen LogP contribution in [0.5, 0.6) is 0 Å². The second-order valence-electron chi connectivity index (χ2n) is 3.98. The molecule has 0 saturated heterocycles. The predicted molar refractivity (Wildman–Crippen MR) is 66.3 cm³/mol. The van der Waals surface area contributed by atoms with E-state index in [4.69, 9.17) is 0 Å². The van der Waals surface area contributed by atoms with Gasteiger partial charge in [0.2, 0.25) is 5.91 Å². The number of benzene rings is 1. The van der Waals surface area contributed by atoms with Gasteiger partial charge < -0.3 is 4.90 Å². The van der Waals surface area contributed by atoms with Crippen LogP contribution in [-0.2, 0) is 10.5 Å². The van der Waals surface area contributed by atoms with Gasteiger partial charge in [-0.2, -0.15) is 13.2 Å². The second kappa shape index (κ2) is 6.79. The molecular weight excluding hydrogens is 282 g/mol. The van der Waals surface area contributed by atoms with E-state index < -0.39 is 18.6 Å². The number of alkyl halides is 3. The van der Waals surface area contributed by atoms with Gasteiger partial charge in [0, 0.05) is 12.8 Å². The van der Waals surface area contributed by atoms with Gasteiger partial charge in [0.1, 0.15) is 12.4 Å². The lowest BCUT2D eigenvalue weighted by Gasteiger charge is -2.18. The maximum Gasteiger partial charge on any atom is 0.406 e. The molecule has 106 valence electrons. The molecule has 0 spiro atoms. The first-order valence-electron chi connectivity index (χ1n) is 5.41. The topological polar surface area (TPSA) is 20.3 Å². The van der Waals surface area contributed by atoms with E-state index in [1.165, 1.54) is 23.9 Å². The number of carbonyl (C=O) groups excluding carboxylic acids is 1. The van der Waals surface area contributed by atoms with Gasteiger partial charge in [0.15, 0.2) is 0 Å². The van der Waals surface area contributed by atoms with Crippen molar-refractivity contribution in [2.45, 2.75) is 11.9 Å². The highest BCUT2D eigenvalue weighted by Crippen LogP contribution is 2.17. The van der Waals surface area contributed by atoms with Crippen molar-refractivity contribution in [3.63, 3.8) is 0 Å². The maximum absolute atomic E-state index is 12.6. The van der Waals surface area contributed by atoms with Gasteiger partial charge in [-0.1, -0.05) is 12.1 Å². The van der Waals surface area contributed by atoms with Gasteiger partial charge in [-0.15, -0.1) is 11.8 Å². The van der Waals surface area contributed by atoms with Crippen molar-refractivity contribution in [3.05, 3.63) is 35.6 Å². The Bertz CT molecular complexity index is 419. The monoisotopic (exact) mass is 295 g/mol. The molecule has 0 N–H and O–H groups in total. The third-order valence-electron chi connectivity index (χ3n) is 2.25. The van der Waals surface area contributed by atoms with Crippen LogP contribution in [0.4, 0.5) is 17.6 Å². The molecular formula is C12H13F4NOS. The van der Waals surface area contributed by atoms with Gasteiger partial charge in [-0.3, -0.25) is 4.79 Å². The predicted octanol–water partition coefficient (Wildman–Crippen LogP) is 3.08. The van der Waals surface area contributed by atoms with Gasteiger partial charge in [-0.05, 0) is 17.7 Å². The second-order valence-corrected chi connectivity index (χ2v) is 4.97. The summed E-state index contributed by atoms with van der Waals surface area (Å²) in [5, 5.41) is 0. The molecule has 1 amide bonds. The smallest absolute Gasteiger partial charge is 0.336 e. The Labute approximate surface area is 112 Å². The summed E-state index contributed by atoms with van der Waals surface area (Å²) >= 11 is 1.19. The molecule has 19 heavy (non-hydrogen) atoms. The lowest BCUT2D eigenvalue weighted by atomic mass is 10.2. The fourth-order valence-corrected chi connectivity index (χ4v) is 2.23. The van der Waals surface area contributed by atoms with Crippen LogP contribution in [0.1, 0.15) is 5.56 Å². The number of amides is 1. The summed E-state index contributed by atoms with van der Waals surface area (Å²) in [6.45, 7) is -1.25. The zero-order valence-corrected chi connectivity index (χ0v) is 11.0. The fraction of sp³-hybridized carbons (Fsp3) is 0.417. The molecule has 2 nitrogen and oxygen atoms in total. The van der Waals surface area contributed by atoms with Crippen LogP contribution in [0, 0.1) is 5.82 Å². The Balaban J connectivity index is 2.32. The molecule has 0 aliphatic heterocycles. The average Bonchev–Trinajstić information content (AvgIpc) is 2.29. The average molecular weight is 295 g/mol. The number of nitrogens with zero attached hydrogens (tertiary/aromatic N) is 1. The molecule has 1 aromatic rings. The first-order chi connectivity index (χ1) is 8.78. The number of carbonyl (C=O) groups is 1. The first-order valence-corrected chi connectivity index (χ1v) is 6.56. The molecule has 0 unspecified atom stereocenters. The highest BCUT2D eigenvalue weighted by molar-refractivity contribution is 7.99. The lowest BCUT2D eigenvalue weighted by Crippen LogP contribution is -2.36. The van der Waals surface area contributed by atoms with Crippen LogP contribution in [0.25, 0.3) is 0 Å². The van der Waals surface area contributed by atoms with Crippen LogP contribution in [-0.4, -0.2) is 36.3 Å². The van der Waals surface area contributed by atoms with Crippen LogP contribution < -0.4 is 0 Å². The highest BCUT2D eigenvalue weighted by atomic mass is 32.2. The number of rotatable bonds is 5. The first kappa shape index (κ1) is 15.8. The van der Waals surface area contributed by atoms with E-state index in [2.05, 4.69) is 0 Å². The Kier molecular flexibility index (Phi) is 5.65. The Morgan fingerprint density at radius 3 is 2.37 bits per heavy atom. The van der Waals surface area contributed by atoms with E-state index in [9.17, 15) is 22.4 Å². The summed E-state index contributed by atoms with van der Waals surface area (Å²) in [4.78, 5) is 12.1. The van der Waals surface area contributed by atoms with Gasteiger partial charge in [0.05, 0.1) is 5.75 Å². The van der Waals surface area contributed by atoms with Crippen LogP contribution in [0.15, 0.2) is 24.3 Å². The number of halogens is 4. The normalized spacial score (nSPS) is 11.4. The van der Waals surface area contributed by atoms with E-state index in [1.807, 2.05) is 0 Å². The number of hydrogen-bond acceptors (Lipinski definition) is 2. The molecule has 7 heteroatoms. The lowest BCUT2D eigenvalue weighted by molar-refractivity contribution is -0.156. The van der Waals surface area contributed by atoms with Crippen molar-refractivity contribution in [2.24, 2.45) is 0 Å². The SMILES string of the molecule is CN(CC(F)(F)F)C(=O)CSCc1ccc(F)cc1. The molecule has 0 saturated carbocycles. The molecule has 0 heterocycles. The van der Waals surface area contributed by atoms with Gasteiger partial charge >= 0.3 is 6.18 Å². The third kappa shape index (κ3) is 6.47. The van der Waals surface area contributed by atoms with Crippen molar-refractivity contribution in [1.82, 2.24) is 4.90 Å². The van der Waals surface area contributed by atoms with E-state index in [-0.39, 0.29) is 11.6 Å². The van der Waals surface area contributed by atoms with E-state index in [1.54, 1.807) is 12.1 Å². The summed E-state index contributed by atoms with van der Waals surface area (Å²) in [5.41, 5.74) is 0.817. The highest BCUT2D eigenvalue weighted by Gasteiger charge is 2.30. The van der Waals surface area contributed by atoms with E-state index in [0.717, 1.165) is 12.6 Å². The minimum absolute atomic E-state index is 0.0377. The molecule has 0 radical (unpaired) electrons. The number of thioether (sulfide) groups is 1. The minimum Gasteiger partial charge on any atom is -0.336 e. The van der Waals surface area contributed by atoms with Crippen molar-refractivity contribution in [1.29, 1.82) is 0 Å². The largest absolute Gasteiger partial charge is 0.406 e. The number of hydrogen-bond donors (Lipinski definition) is 0. The zero-order valence-electron chi connectivity index (χ0n) is 10.2. The molecule has 0 fully saturated rings. The fourth-order valence-electron chi connectivity index (χ4n) is 1.30. The Morgan fingerprint density at radius 2 is 1.84 bits per heavy atom. The standard InChI is InChI=1S/C12H13F4NOS/c1-17(8-12(14,15)16)11(18)7-19-6-9-2-4-10(13)5-3-9/h2-5H,6-8H2,1H3. The molecule has 0 aromatic heterocycles. The summed E-state index contributed by atoms with van der Waals surface area (Å²) in [6.07, 6.45) is -4.38. The van der Waals surface area contributed by atoms with Crippen LogP contribution in [0.2, 0.25) is 0 Å². The van der Waals surface area contributed by atoms with Crippen molar-refractivity contribution in [2.75, 3.05) is 19.3 Å². The molecule has 0 aliphatic carbocycles. The summed E-state index contributed by atoms with van der Waals surface area (Å²) in [7, 11) is 1.12. The summed E-state index contributed by atoms with van der Waals surface area (Å²) < 4.78 is 48.8. The van der Waals surface area contributed by atoms with Crippen molar-refractivity contribution in [3.8, 4) is 0 Å². The minimum atomic E-state index is -4.38. The maximum atomic E-state index is 12.6. The molecule has 0 atom stereocenters. The molecule has 1 rings (SSSR count). The van der Waals surface area contributed by atoms with Gasteiger partial charge in [0.25, 0.3) is 0 Å². The van der Waals surface area contributed by atoms with Crippen molar-refractivity contribution < 1.29 is 22.4 Å². The van der Waals surface area contributed by atoms with E-state index in [0.29, 0.717) is 10.7 Å². The third-order valence-corrected chi connectivity index (χ3v) is 3.24.